The molecule has 0 saturated heterocycles. The van der Waals surface area contributed by atoms with E-state index in [0.717, 1.165) is 15.8 Å². The predicted octanol–water partition coefficient (Wildman–Crippen LogP) is 5.73. The molecule has 0 fully saturated rings. The fourth-order valence-electron chi connectivity index (χ4n) is 4.04. The lowest BCUT2D eigenvalue weighted by molar-refractivity contribution is 0.144. The molecule has 0 bridgehead atoms. The Hall–Kier alpha value is -3.25. The van der Waals surface area contributed by atoms with E-state index in [1.807, 2.05) is 48.6 Å². The van der Waals surface area contributed by atoms with E-state index in [4.69, 9.17) is 14.2 Å². The van der Waals surface area contributed by atoms with Gasteiger partial charge in [0.25, 0.3) is 0 Å². The molecule has 1 amide bonds. The Morgan fingerprint density at radius 3 is 2.39 bits per heavy atom. The van der Waals surface area contributed by atoms with Gasteiger partial charge < -0.3 is 19.5 Å². The quantitative estimate of drug-likeness (QED) is 0.509. The van der Waals surface area contributed by atoms with Crippen molar-refractivity contribution in [3.8, 4) is 22.6 Å². The lowest BCUT2D eigenvalue weighted by Crippen LogP contribution is -2.26. The van der Waals surface area contributed by atoms with Gasteiger partial charge in [0.05, 0.1) is 0 Å². The molecule has 3 aromatic rings. The molecule has 3 aromatic carbocycles. The summed E-state index contributed by atoms with van der Waals surface area (Å²) in [6.45, 7) is 0.896. The fourth-order valence-corrected chi connectivity index (χ4v) is 4.49. The Morgan fingerprint density at radius 1 is 1.03 bits per heavy atom. The molecule has 1 heterocycles. The largest absolute Gasteiger partial charge is 0.454 e. The van der Waals surface area contributed by atoms with Crippen LogP contribution in [0.25, 0.3) is 17.2 Å². The normalized spacial score (nSPS) is 13.8. The van der Waals surface area contributed by atoms with Crippen LogP contribution in [0.2, 0.25) is 0 Å². The molecule has 1 aliphatic carbocycles. The van der Waals surface area contributed by atoms with Crippen LogP contribution in [0.4, 0.5) is 4.79 Å². The summed E-state index contributed by atoms with van der Waals surface area (Å²) in [5.74, 6) is 1.49. The third kappa shape index (κ3) is 3.91. The number of alkyl carbamates (subject to hydrolysis) is 1. The number of hydrogen-bond acceptors (Lipinski definition) is 4. The molecular weight excluding hydrogens is 458 g/mol. The van der Waals surface area contributed by atoms with Gasteiger partial charge >= 0.3 is 6.09 Å². The summed E-state index contributed by atoms with van der Waals surface area (Å²) in [4.78, 5) is 12.2. The van der Waals surface area contributed by atoms with E-state index in [1.165, 1.54) is 22.3 Å². The summed E-state index contributed by atoms with van der Waals surface area (Å²) in [6, 6.07) is 20.3. The zero-order valence-corrected chi connectivity index (χ0v) is 18.2. The number of carbonyl (C=O) groups excluding carboxylic acids is 1. The maximum atomic E-state index is 12.2. The third-order valence-electron chi connectivity index (χ3n) is 5.50. The molecule has 1 aliphatic heterocycles. The van der Waals surface area contributed by atoms with Gasteiger partial charge in [-0.2, -0.15) is 0 Å². The molecule has 1 N–H and O–H groups in total. The third-order valence-corrected chi connectivity index (χ3v) is 6.18. The topological polar surface area (TPSA) is 56.8 Å². The van der Waals surface area contributed by atoms with Crippen molar-refractivity contribution in [1.29, 1.82) is 0 Å². The number of hydrogen-bond donors (Lipinski definition) is 1. The highest BCUT2D eigenvalue weighted by Crippen LogP contribution is 2.44. The first-order valence-corrected chi connectivity index (χ1v) is 10.8. The van der Waals surface area contributed by atoms with E-state index in [-0.39, 0.29) is 12.7 Å². The molecule has 0 unspecified atom stereocenters. The minimum atomic E-state index is -0.434. The summed E-state index contributed by atoms with van der Waals surface area (Å²) in [6.07, 6.45) is 3.34. The van der Waals surface area contributed by atoms with Crippen molar-refractivity contribution in [1.82, 2.24) is 5.32 Å². The predicted molar refractivity (Wildman–Crippen MR) is 122 cm³/mol. The zero-order valence-electron chi connectivity index (χ0n) is 16.6. The first kappa shape index (κ1) is 19.7. The van der Waals surface area contributed by atoms with Gasteiger partial charge in [0.2, 0.25) is 6.79 Å². The molecule has 0 atom stereocenters. The maximum absolute atomic E-state index is 12.2. The van der Waals surface area contributed by atoms with E-state index in [9.17, 15) is 4.79 Å². The highest BCUT2D eigenvalue weighted by Gasteiger charge is 2.28. The van der Waals surface area contributed by atoms with E-state index in [1.54, 1.807) is 0 Å². The summed E-state index contributed by atoms with van der Waals surface area (Å²) >= 11 is 3.52. The Kier molecular flexibility index (Phi) is 5.38. The highest BCUT2D eigenvalue weighted by molar-refractivity contribution is 9.10. The van der Waals surface area contributed by atoms with Gasteiger partial charge in [-0.3, -0.25) is 0 Å². The number of halogens is 1. The van der Waals surface area contributed by atoms with Crippen LogP contribution in [-0.4, -0.2) is 26.0 Å². The molecule has 5 nitrogen and oxygen atoms in total. The summed E-state index contributed by atoms with van der Waals surface area (Å²) in [5, 5.41) is 2.78. The van der Waals surface area contributed by atoms with Gasteiger partial charge in [-0.1, -0.05) is 76.6 Å². The van der Waals surface area contributed by atoms with Gasteiger partial charge in [0.15, 0.2) is 11.5 Å². The van der Waals surface area contributed by atoms with Gasteiger partial charge in [0, 0.05) is 16.9 Å². The zero-order chi connectivity index (χ0) is 21.2. The van der Waals surface area contributed by atoms with Crippen molar-refractivity contribution in [3.05, 3.63) is 87.9 Å². The van der Waals surface area contributed by atoms with Gasteiger partial charge in [-0.05, 0) is 39.9 Å². The molecule has 0 radical (unpaired) electrons. The Labute approximate surface area is 188 Å². The number of ether oxygens (including phenoxy) is 3. The monoisotopic (exact) mass is 477 g/mol. The molecule has 0 spiro atoms. The number of benzene rings is 3. The summed E-state index contributed by atoms with van der Waals surface area (Å²) in [5.41, 5.74) is 5.76. The first-order chi connectivity index (χ1) is 15.2. The highest BCUT2D eigenvalue weighted by atomic mass is 79.9. The Balaban J connectivity index is 1.18. The number of fused-ring (bicyclic) bond motifs is 4. The van der Waals surface area contributed by atoms with Crippen LogP contribution in [0.5, 0.6) is 11.5 Å². The smallest absolute Gasteiger partial charge is 0.407 e. The SMILES string of the molecule is O=C(NCC=Cc1cc2c(cc1Br)OCO2)OCC1c2ccccc2-c2ccccc21. The van der Waals surface area contributed by atoms with E-state index in [2.05, 4.69) is 45.5 Å². The molecule has 156 valence electrons. The number of nitrogens with one attached hydrogen (secondary N) is 1. The van der Waals surface area contributed by atoms with E-state index >= 15 is 0 Å². The van der Waals surface area contributed by atoms with Crippen LogP contribution < -0.4 is 14.8 Å². The van der Waals surface area contributed by atoms with Crippen LogP contribution in [0.15, 0.2) is 71.2 Å². The second kappa shape index (κ2) is 8.47. The number of carbonyl (C=O) groups is 1. The molecule has 0 aromatic heterocycles. The van der Waals surface area contributed by atoms with Crippen molar-refractivity contribution >= 4 is 28.1 Å². The van der Waals surface area contributed by atoms with Crippen LogP contribution in [-0.2, 0) is 4.74 Å². The minimum Gasteiger partial charge on any atom is -0.454 e. The van der Waals surface area contributed by atoms with Crippen molar-refractivity contribution in [2.45, 2.75) is 5.92 Å². The summed E-state index contributed by atoms with van der Waals surface area (Å²) in [7, 11) is 0. The standard InChI is InChI=1S/C25H20BrNO4/c26-22-13-24-23(30-15-31-24)12-16(22)6-5-11-27-25(28)29-14-21-19-9-3-1-7-17(19)18-8-2-4-10-20(18)21/h1-10,12-13,21H,11,14-15H2,(H,27,28). The van der Waals surface area contributed by atoms with Crippen LogP contribution in [0, 0.1) is 0 Å². The number of rotatable bonds is 5. The Morgan fingerprint density at radius 2 is 1.68 bits per heavy atom. The molecule has 5 rings (SSSR count). The van der Waals surface area contributed by atoms with Gasteiger partial charge in [-0.25, -0.2) is 4.79 Å². The minimum absolute atomic E-state index is 0.0540. The molecule has 6 heteroatoms. The van der Waals surface area contributed by atoms with E-state index < -0.39 is 6.09 Å². The Bertz CT molecular complexity index is 1130. The van der Waals surface area contributed by atoms with Crippen molar-refractivity contribution < 1.29 is 19.0 Å². The van der Waals surface area contributed by atoms with Gasteiger partial charge in [-0.15, -0.1) is 0 Å². The lowest BCUT2D eigenvalue weighted by Gasteiger charge is -2.14. The molecular formula is C25H20BrNO4. The van der Waals surface area contributed by atoms with Crippen LogP contribution in [0.3, 0.4) is 0 Å². The molecule has 31 heavy (non-hydrogen) atoms. The van der Waals surface area contributed by atoms with Gasteiger partial charge in [0.1, 0.15) is 6.61 Å². The maximum Gasteiger partial charge on any atom is 0.407 e. The van der Waals surface area contributed by atoms with Crippen molar-refractivity contribution in [3.63, 3.8) is 0 Å². The molecule has 0 saturated carbocycles. The van der Waals surface area contributed by atoms with E-state index in [0.29, 0.717) is 18.9 Å². The summed E-state index contributed by atoms with van der Waals surface area (Å²) < 4.78 is 17.2. The second-order valence-corrected chi connectivity index (χ2v) is 8.19. The second-order valence-electron chi connectivity index (χ2n) is 7.34. The average molecular weight is 478 g/mol. The first-order valence-electron chi connectivity index (χ1n) is 10.1. The average Bonchev–Trinajstić information content (AvgIpc) is 3.37. The van der Waals surface area contributed by atoms with Crippen LogP contribution in [0.1, 0.15) is 22.6 Å². The van der Waals surface area contributed by atoms with Crippen LogP contribution >= 0.6 is 15.9 Å². The fraction of sp³-hybridized carbons (Fsp3) is 0.160. The lowest BCUT2D eigenvalue weighted by atomic mass is 9.98. The van der Waals surface area contributed by atoms with Crippen molar-refractivity contribution in [2.75, 3.05) is 19.9 Å². The molecule has 2 aliphatic rings. The number of amides is 1. The van der Waals surface area contributed by atoms with Crippen molar-refractivity contribution in [2.24, 2.45) is 0 Å².